The first-order chi connectivity index (χ1) is 18.1. The van der Waals surface area contributed by atoms with Crippen LogP contribution in [0.3, 0.4) is 0 Å². The number of rotatable bonds is 9. The molecule has 10 heteroatoms. The Hall–Kier alpha value is -3.69. The van der Waals surface area contributed by atoms with Crippen LogP contribution in [0.25, 0.3) is 22.9 Å². The second kappa shape index (κ2) is 12.7. The number of aliphatic imine (C=N–C) groups is 1. The number of hydrogen-bond donors (Lipinski definition) is 2. The van der Waals surface area contributed by atoms with Gasteiger partial charge in [0.1, 0.15) is 0 Å². The van der Waals surface area contributed by atoms with Crippen molar-refractivity contribution in [3.05, 3.63) is 42.4 Å². The number of aromatic nitrogens is 4. The smallest absolute Gasteiger partial charge is 0.240 e. The van der Waals surface area contributed by atoms with Crippen molar-refractivity contribution < 1.29 is 16.4 Å². The molecule has 0 bridgehead atoms. The van der Waals surface area contributed by atoms with Crippen LogP contribution in [0.4, 0.5) is 20.4 Å². The topological polar surface area (TPSA) is 96.6 Å². The van der Waals surface area contributed by atoms with Gasteiger partial charge in [0, 0.05) is 40.1 Å². The van der Waals surface area contributed by atoms with Crippen LogP contribution in [0.15, 0.2) is 36.0 Å². The predicted molar refractivity (Wildman–Crippen MR) is 154 cm³/mol. The Morgan fingerprint density at radius 3 is 2.61 bits per heavy atom. The number of fused-ring (bicyclic) bond motifs is 1. The molecule has 38 heavy (non-hydrogen) atoms. The molecule has 3 aromatic heterocycles. The van der Waals surface area contributed by atoms with Crippen LogP contribution in [0.1, 0.15) is 74.0 Å². The molecule has 1 aliphatic carbocycles. The van der Waals surface area contributed by atoms with E-state index in [9.17, 15) is 13.6 Å². The Kier molecular flexibility index (Phi) is 9.66. The zero-order valence-corrected chi connectivity index (χ0v) is 22.8. The molecule has 0 atom stereocenters. The van der Waals surface area contributed by atoms with Crippen molar-refractivity contribution >= 4 is 34.8 Å². The van der Waals surface area contributed by atoms with E-state index in [1.807, 2.05) is 32.0 Å². The molecule has 208 valence electrons. The molecular formula is C28H41F2N7O. The van der Waals surface area contributed by atoms with E-state index in [1.165, 1.54) is 6.42 Å². The number of amides is 1. The van der Waals surface area contributed by atoms with Gasteiger partial charge in [-0.15, -0.1) is 5.10 Å². The van der Waals surface area contributed by atoms with Gasteiger partial charge in [0.2, 0.25) is 18.3 Å². The standard InChI is InChI=1S/C21H24F2N6.C7H13NO.2H2/c1-5-13(3)26-17-8-7-16(27-18(17)9-10-20(22)23)15-11-14(6-2)29-19(15)12-25-21(24-4)28-29;1-6(9)8-7(2)4-3-5-7;;/h6-8,11-12,20H,2,5,9-10H2,1,3-4H3,(H,24,28);3-5H2,1-2H3,(H,8,9);2*1H. The van der Waals surface area contributed by atoms with E-state index in [1.54, 1.807) is 30.8 Å². The van der Waals surface area contributed by atoms with Gasteiger partial charge >= 0.3 is 0 Å². The summed E-state index contributed by atoms with van der Waals surface area (Å²) >= 11 is 0. The lowest BCUT2D eigenvalue weighted by molar-refractivity contribution is -0.121. The monoisotopic (exact) mass is 529 g/mol. The summed E-state index contributed by atoms with van der Waals surface area (Å²) in [5.74, 6) is 0.574. The lowest BCUT2D eigenvalue weighted by Gasteiger charge is -2.38. The summed E-state index contributed by atoms with van der Waals surface area (Å²) in [5.41, 5.74) is 5.27. The third kappa shape index (κ3) is 7.20. The number of halogens is 2. The Bertz CT molecular complexity index is 1320. The van der Waals surface area contributed by atoms with Gasteiger partial charge in [-0.1, -0.05) is 13.5 Å². The fourth-order valence-corrected chi connectivity index (χ4v) is 4.20. The molecule has 3 heterocycles. The van der Waals surface area contributed by atoms with Gasteiger partial charge in [0.05, 0.1) is 34.5 Å². The van der Waals surface area contributed by atoms with Gasteiger partial charge in [-0.2, -0.15) is 0 Å². The number of nitrogens with one attached hydrogen (secondary N) is 2. The zero-order chi connectivity index (χ0) is 27.9. The van der Waals surface area contributed by atoms with Crippen LogP contribution < -0.4 is 10.6 Å². The number of alkyl halides is 2. The highest BCUT2D eigenvalue weighted by Crippen LogP contribution is 2.31. The third-order valence-electron chi connectivity index (χ3n) is 6.56. The van der Waals surface area contributed by atoms with E-state index < -0.39 is 6.43 Å². The Labute approximate surface area is 225 Å². The number of hydrogen-bond acceptors (Lipinski definition) is 6. The number of pyridine rings is 1. The summed E-state index contributed by atoms with van der Waals surface area (Å²) in [7, 11) is 1.74. The van der Waals surface area contributed by atoms with Crippen molar-refractivity contribution in [2.24, 2.45) is 4.99 Å². The third-order valence-corrected chi connectivity index (χ3v) is 6.56. The molecule has 0 spiro atoms. The van der Waals surface area contributed by atoms with Crippen molar-refractivity contribution in [3.8, 4) is 11.3 Å². The molecule has 1 aliphatic rings. The van der Waals surface area contributed by atoms with E-state index in [0.29, 0.717) is 23.0 Å². The van der Waals surface area contributed by atoms with Gasteiger partial charge in [-0.05, 0) is 70.2 Å². The van der Waals surface area contributed by atoms with E-state index in [2.05, 4.69) is 44.2 Å². The van der Waals surface area contributed by atoms with Gasteiger partial charge < -0.3 is 10.6 Å². The van der Waals surface area contributed by atoms with Crippen LogP contribution in [-0.4, -0.2) is 50.2 Å². The fourth-order valence-electron chi connectivity index (χ4n) is 4.20. The summed E-state index contributed by atoms with van der Waals surface area (Å²) in [6.45, 7) is 11.4. The Balaban J connectivity index is 0.000000622. The first-order valence-electron chi connectivity index (χ1n) is 12.9. The first kappa shape index (κ1) is 28.9. The highest BCUT2D eigenvalue weighted by molar-refractivity contribution is 5.85. The second-order valence-corrected chi connectivity index (χ2v) is 9.70. The van der Waals surface area contributed by atoms with Gasteiger partial charge in [-0.3, -0.25) is 14.8 Å². The molecule has 8 nitrogen and oxygen atoms in total. The molecule has 0 aromatic carbocycles. The van der Waals surface area contributed by atoms with Crippen LogP contribution in [0.2, 0.25) is 0 Å². The first-order valence-corrected chi connectivity index (χ1v) is 12.9. The minimum Gasteiger partial charge on any atom is -0.356 e. The van der Waals surface area contributed by atoms with Crippen molar-refractivity contribution in [2.45, 2.75) is 78.2 Å². The van der Waals surface area contributed by atoms with Crippen molar-refractivity contribution in [1.82, 2.24) is 24.9 Å². The maximum absolute atomic E-state index is 12.8. The highest BCUT2D eigenvalue weighted by atomic mass is 19.3. The summed E-state index contributed by atoms with van der Waals surface area (Å²) < 4.78 is 27.4. The van der Waals surface area contributed by atoms with E-state index >= 15 is 0 Å². The number of anilines is 1. The van der Waals surface area contributed by atoms with Crippen LogP contribution >= 0.6 is 0 Å². The predicted octanol–water partition coefficient (Wildman–Crippen LogP) is 6.73. The van der Waals surface area contributed by atoms with Crippen LogP contribution in [-0.2, 0) is 11.2 Å². The second-order valence-electron chi connectivity index (χ2n) is 9.70. The summed E-state index contributed by atoms with van der Waals surface area (Å²) in [6.07, 6.45) is 5.25. The van der Waals surface area contributed by atoms with Crippen molar-refractivity contribution in [3.63, 3.8) is 0 Å². The minimum atomic E-state index is -2.39. The molecule has 1 amide bonds. The zero-order valence-electron chi connectivity index (χ0n) is 22.8. The van der Waals surface area contributed by atoms with Gasteiger partial charge in [0.25, 0.3) is 0 Å². The van der Waals surface area contributed by atoms with Crippen LogP contribution in [0, 0.1) is 0 Å². The van der Waals surface area contributed by atoms with Gasteiger partial charge in [-0.25, -0.2) is 18.3 Å². The van der Waals surface area contributed by atoms with E-state index in [4.69, 9.17) is 0 Å². The number of aryl methyl sites for hydroxylation is 1. The van der Waals surface area contributed by atoms with Crippen molar-refractivity contribution in [1.29, 1.82) is 0 Å². The number of carbonyl (C=O) groups excluding carboxylic acids is 1. The molecule has 3 aromatic rings. The van der Waals surface area contributed by atoms with E-state index in [0.717, 1.165) is 41.7 Å². The maximum Gasteiger partial charge on any atom is 0.240 e. The normalized spacial score (nSPS) is 14.5. The lowest BCUT2D eigenvalue weighted by atomic mass is 9.78. The maximum atomic E-state index is 12.8. The Morgan fingerprint density at radius 1 is 1.34 bits per heavy atom. The quantitative estimate of drug-likeness (QED) is 0.300. The molecule has 0 aliphatic heterocycles. The highest BCUT2D eigenvalue weighted by Gasteiger charge is 2.31. The molecule has 1 saturated carbocycles. The van der Waals surface area contributed by atoms with Crippen LogP contribution in [0.5, 0.6) is 0 Å². The Morgan fingerprint density at radius 2 is 2.08 bits per heavy atom. The SMILES string of the molecule is C=Cc1cc(-c2ccc(N=C(C)CC)c(CCC(F)F)n2)c2cnc(NC)nn12.CC(=O)NC1(C)CCC1.[HH].[HH]. The number of carbonyl (C=O) groups is 1. The minimum absolute atomic E-state index is 0. The average molecular weight is 530 g/mol. The molecule has 0 radical (unpaired) electrons. The summed E-state index contributed by atoms with van der Waals surface area (Å²) in [4.78, 5) is 24.1. The lowest BCUT2D eigenvalue weighted by Crippen LogP contribution is -2.50. The summed E-state index contributed by atoms with van der Waals surface area (Å²) in [6, 6.07) is 5.60. The molecule has 0 saturated heterocycles. The average Bonchev–Trinajstić information content (AvgIpc) is 3.24. The molecule has 4 rings (SSSR count). The molecule has 0 unspecified atom stereocenters. The van der Waals surface area contributed by atoms with Gasteiger partial charge in [0.15, 0.2) is 0 Å². The molecule has 2 N–H and O–H groups in total. The van der Waals surface area contributed by atoms with E-state index in [-0.39, 0.29) is 27.1 Å². The van der Waals surface area contributed by atoms with Crippen molar-refractivity contribution in [2.75, 3.05) is 12.4 Å². The molecule has 1 fully saturated rings. The fraction of sp³-hybridized carbons (Fsp3) is 0.464. The largest absolute Gasteiger partial charge is 0.356 e. The number of nitrogens with zero attached hydrogens (tertiary/aromatic N) is 5. The molecular weight excluding hydrogens is 488 g/mol. The summed E-state index contributed by atoms with van der Waals surface area (Å²) in [5, 5.41) is 10.3.